The fourth-order valence-electron chi connectivity index (χ4n) is 5.31. The van der Waals surface area contributed by atoms with Gasteiger partial charge in [-0.3, -0.25) is 9.59 Å². The molecule has 0 bridgehead atoms. The van der Waals surface area contributed by atoms with E-state index in [0.717, 1.165) is 43.2 Å². The van der Waals surface area contributed by atoms with Crippen molar-refractivity contribution in [1.82, 2.24) is 9.13 Å². The number of aryl methyl sites for hydroxylation is 2. The molecule has 0 atom stereocenters. The van der Waals surface area contributed by atoms with Crippen molar-refractivity contribution in [2.24, 2.45) is 0 Å². The lowest BCUT2D eigenvalue weighted by Crippen LogP contribution is -2.13. The summed E-state index contributed by atoms with van der Waals surface area (Å²) in [5.74, 6) is -0.323. The Balaban J connectivity index is 1.44. The van der Waals surface area contributed by atoms with Crippen LogP contribution in [0.4, 0.5) is 11.4 Å². The third kappa shape index (κ3) is 5.19. The first-order valence-corrected chi connectivity index (χ1v) is 16.1. The van der Waals surface area contributed by atoms with E-state index in [1.165, 1.54) is 21.6 Å². The number of amides is 2. The molecule has 0 aliphatic rings. The van der Waals surface area contributed by atoms with Crippen LogP contribution in [0.5, 0.6) is 0 Å². The molecule has 0 saturated carbocycles. The standard InChI is InChI=1S/C34H30N4O2S2/c1-3-37-27-21-13-11-19-25(27)29(31(39)35-23-15-7-5-8-16-23)33(37)41-42-34-30(32(40)36-24-17-9-6-10-18-24)26-20-12-14-22-28(26)38(34)4-2/h5-22H,3-4H2,1-2H3,(H,35,39)(H,36,40). The van der Waals surface area contributed by atoms with E-state index in [4.69, 9.17) is 0 Å². The third-order valence-corrected chi connectivity index (χ3v) is 9.64. The van der Waals surface area contributed by atoms with Gasteiger partial charge in [-0.05, 0) is 71.8 Å². The zero-order valence-corrected chi connectivity index (χ0v) is 25.0. The largest absolute Gasteiger partial charge is 0.335 e. The first-order chi connectivity index (χ1) is 20.6. The van der Waals surface area contributed by atoms with Gasteiger partial charge in [0.15, 0.2) is 0 Å². The van der Waals surface area contributed by atoms with Crippen LogP contribution in [0.2, 0.25) is 0 Å². The summed E-state index contributed by atoms with van der Waals surface area (Å²) in [4.78, 5) is 27.6. The molecule has 6 nitrogen and oxygen atoms in total. The van der Waals surface area contributed by atoms with Crippen LogP contribution in [0, 0.1) is 0 Å². The Hall–Kier alpha value is -4.40. The molecule has 0 radical (unpaired) electrons. The summed E-state index contributed by atoms with van der Waals surface area (Å²) in [6.45, 7) is 5.56. The maximum atomic E-state index is 13.8. The van der Waals surface area contributed by atoms with Gasteiger partial charge >= 0.3 is 0 Å². The highest BCUT2D eigenvalue weighted by Gasteiger charge is 2.27. The van der Waals surface area contributed by atoms with Crippen LogP contribution >= 0.6 is 21.6 Å². The predicted molar refractivity (Wildman–Crippen MR) is 176 cm³/mol. The van der Waals surface area contributed by atoms with Gasteiger partial charge < -0.3 is 19.8 Å². The number of hydrogen-bond acceptors (Lipinski definition) is 4. The molecule has 6 aromatic rings. The van der Waals surface area contributed by atoms with E-state index in [-0.39, 0.29) is 11.8 Å². The molecule has 42 heavy (non-hydrogen) atoms. The van der Waals surface area contributed by atoms with E-state index < -0.39 is 0 Å². The van der Waals surface area contributed by atoms with Crippen LogP contribution in [-0.2, 0) is 13.1 Å². The van der Waals surface area contributed by atoms with Crippen LogP contribution in [0.3, 0.4) is 0 Å². The van der Waals surface area contributed by atoms with Gasteiger partial charge in [-0.25, -0.2) is 0 Å². The number of nitrogens with one attached hydrogen (secondary N) is 2. The molecule has 4 aromatic carbocycles. The van der Waals surface area contributed by atoms with Gasteiger partial charge in [0, 0.05) is 46.3 Å². The number of aromatic nitrogens is 2. The van der Waals surface area contributed by atoms with Crippen LogP contribution < -0.4 is 10.6 Å². The van der Waals surface area contributed by atoms with Crippen LogP contribution in [0.25, 0.3) is 21.8 Å². The molecule has 0 aliphatic heterocycles. The molecule has 0 spiro atoms. The molecule has 0 unspecified atom stereocenters. The molecule has 0 saturated heterocycles. The Morgan fingerprint density at radius 2 is 0.905 bits per heavy atom. The van der Waals surface area contributed by atoms with E-state index in [0.29, 0.717) is 24.2 Å². The van der Waals surface area contributed by atoms with Crippen molar-refractivity contribution in [2.45, 2.75) is 37.0 Å². The average molecular weight is 591 g/mol. The van der Waals surface area contributed by atoms with Crippen molar-refractivity contribution < 1.29 is 9.59 Å². The average Bonchev–Trinajstić information content (AvgIpc) is 3.52. The van der Waals surface area contributed by atoms with Crippen molar-refractivity contribution >= 4 is 66.6 Å². The SMILES string of the molecule is CCn1c(SSc2c(C(=O)Nc3ccccc3)c3ccccc3n2CC)c(C(=O)Nc2ccccc2)c2ccccc21. The van der Waals surface area contributed by atoms with Crippen molar-refractivity contribution in [2.75, 3.05) is 10.6 Å². The number of hydrogen-bond donors (Lipinski definition) is 2. The van der Waals surface area contributed by atoms with Crippen molar-refractivity contribution in [3.8, 4) is 0 Å². The fourth-order valence-corrected chi connectivity index (χ4v) is 8.19. The first-order valence-electron chi connectivity index (χ1n) is 13.9. The highest BCUT2D eigenvalue weighted by Crippen LogP contribution is 2.46. The lowest BCUT2D eigenvalue weighted by atomic mass is 10.1. The Bertz CT molecular complexity index is 1760. The Labute approximate surface area is 252 Å². The summed E-state index contributed by atoms with van der Waals surface area (Å²) in [6, 6.07) is 35.0. The van der Waals surface area contributed by atoms with Gasteiger partial charge in [0.25, 0.3) is 11.8 Å². The molecule has 2 N–H and O–H groups in total. The summed E-state index contributed by atoms with van der Waals surface area (Å²) in [5.41, 5.74) is 4.74. The lowest BCUT2D eigenvalue weighted by Gasteiger charge is -2.13. The molecule has 2 amide bonds. The van der Waals surface area contributed by atoms with Gasteiger partial charge in [-0.1, -0.05) is 72.8 Å². The quantitative estimate of drug-likeness (QED) is 0.165. The highest BCUT2D eigenvalue weighted by molar-refractivity contribution is 8.76. The first kappa shape index (κ1) is 27.8. The number of anilines is 2. The van der Waals surface area contributed by atoms with E-state index in [1.807, 2.05) is 97.1 Å². The molecule has 6 rings (SSSR count). The number of carbonyl (C=O) groups excluding carboxylic acids is 2. The second-order valence-electron chi connectivity index (χ2n) is 9.69. The van der Waals surface area contributed by atoms with Crippen molar-refractivity contribution in [1.29, 1.82) is 0 Å². The molecular weight excluding hydrogens is 561 g/mol. The van der Waals surface area contributed by atoms with Gasteiger partial charge in [-0.2, -0.15) is 0 Å². The highest BCUT2D eigenvalue weighted by atomic mass is 33.1. The summed E-state index contributed by atoms with van der Waals surface area (Å²) in [5, 5.41) is 9.65. The molecule has 2 aromatic heterocycles. The van der Waals surface area contributed by atoms with Crippen molar-refractivity contribution in [3.05, 3.63) is 120 Å². The zero-order chi connectivity index (χ0) is 29.1. The normalized spacial score (nSPS) is 11.2. The molecule has 0 aliphatic carbocycles. The van der Waals surface area contributed by atoms with Crippen LogP contribution in [0.15, 0.2) is 119 Å². The zero-order valence-electron chi connectivity index (χ0n) is 23.3. The number of carbonyl (C=O) groups is 2. The van der Waals surface area contributed by atoms with Crippen LogP contribution in [-0.4, -0.2) is 20.9 Å². The topological polar surface area (TPSA) is 68.1 Å². The Morgan fingerprint density at radius 1 is 0.548 bits per heavy atom. The van der Waals surface area contributed by atoms with E-state index in [1.54, 1.807) is 0 Å². The monoisotopic (exact) mass is 590 g/mol. The lowest BCUT2D eigenvalue weighted by molar-refractivity contribution is 0.101. The molecule has 210 valence electrons. The van der Waals surface area contributed by atoms with Crippen LogP contribution in [0.1, 0.15) is 34.6 Å². The second-order valence-corrected chi connectivity index (χ2v) is 11.8. The predicted octanol–water partition coefficient (Wildman–Crippen LogP) is 8.94. The minimum absolute atomic E-state index is 0.161. The summed E-state index contributed by atoms with van der Waals surface area (Å²) in [6.07, 6.45) is 0. The molecule has 2 heterocycles. The maximum Gasteiger partial charge on any atom is 0.259 e. The maximum absolute atomic E-state index is 13.8. The van der Waals surface area contributed by atoms with Gasteiger partial charge in [0.05, 0.1) is 21.2 Å². The molecule has 0 fully saturated rings. The van der Waals surface area contributed by atoms with Gasteiger partial charge in [0.2, 0.25) is 0 Å². The van der Waals surface area contributed by atoms with Gasteiger partial charge in [0.1, 0.15) is 0 Å². The minimum atomic E-state index is -0.161. The Kier molecular flexibility index (Phi) is 8.08. The smallest absolute Gasteiger partial charge is 0.259 e. The minimum Gasteiger partial charge on any atom is -0.335 e. The number of rotatable bonds is 9. The Morgan fingerprint density at radius 3 is 1.29 bits per heavy atom. The fraction of sp³-hybridized carbons (Fsp3) is 0.118. The third-order valence-electron chi connectivity index (χ3n) is 7.20. The van der Waals surface area contributed by atoms with E-state index in [9.17, 15) is 9.59 Å². The number of fused-ring (bicyclic) bond motifs is 2. The summed E-state index contributed by atoms with van der Waals surface area (Å²) >= 11 is 0. The van der Waals surface area contributed by atoms with E-state index >= 15 is 0 Å². The van der Waals surface area contributed by atoms with Crippen molar-refractivity contribution in [3.63, 3.8) is 0 Å². The van der Waals surface area contributed by atoms with Gasteiger partial charge in [-0.15, -0.1) is 0 Å². The number of para-hydroxylation sites is 4. The molecule has 8 heteroatoms. The van der Waals surface area contributed by atoms with E-state index in [2.05, 4.69) is 45.7 Å². The number of nitrogens with zero attached hydrogens (tertiary/aromatic N) is 2. The number of benzene rings is 4. The summed E-state index contributed by atoms with van der Waals surface area (Å²) < 4.78 is 4.35. The second kappa shape index (κ2) is 12.2. The molecular formula is C34H30N4O2S2. The summed E-state index contributed by atoms with van der Waals surface area (Å²) in [7, 11) is 3.03.